The summed E-state index contributed by atoms with van der Waals surface area (Å²) < 4.78 is 10.9. The molecule has 0 aliphatic rings. The standard InChI is InChI=1S/C20H20N2O3S/c1-4-25-18-8-6-5-7-14(18)19(23)22-20-21-16(12-26-20)15-11-13(2)9-10-17(15)24-3/h5-12H,4H2,1-3H3,(H,21,22,23). The van der Waals surface area contributed by atoms with Gasteiger partial charge in [0, 0.05) is 10.9 Å². The maximum Gasteiger partial charge on any atom is 0.261 e. The van der Waals surface area contributed by atoms with Gasteiger partial charge in [0.05, 0.1) is 25.0 Å². The highest BCUT2D eigenvalue weighted by Gasteiger charge is 2.15. The number of benzene rings is 2. The van der Waals surface area contributed by atoms with Crippen LogP contribution in [0, 0.1) is 6.92 Å². The lowest BCUT2D eigenvalue weighted by molar-refractivity contribution is 0.102. The van der Waals surface area contributed by atoms with E-state index in [0.717, 1.165) is 22.6 Å². The number of carbonyl (C=O) groups is 1. The normalized spacial score (nSPS) is 10.4. The fraction of sp³-hybridized carbons (Fsp3) is 0.200. The van der Waals surface area contributed by atoms with E-state index in [0.29, 0.717) is 23.1 Å². The summed E-state index contributed by atoms with van der Waals surface area (Å²) in [6.45, 7) is 4.40. The number of ether oxygens (including phenoxy) is 2. The number of thiazole rings is 1. The lowest BCUT2D eigenvalue weighted by atomic mass is 10.1. The number of hydrogen-bond acceptors (Lipinski definition) is 5. The maximum absolute atomic E-state index is 12.6. The van der Waals surface area contributed by atoms with Gasteiger partial charge in [-0.1, -0.05) is 23.8 Å². The van der Waals surface area contributed by atoms with Gasteiger partial charge in [0.2, 0.25) is 0 Å². The number of carbonyl (C=O) groups excluding carboxylic acids is 1. The molecule has 0 aliphatic heterocycles. The summed E-state index contributed by atoms with van der Waals surface area (Å²) in [5.41, 5.74) is 3.27. The number of nitrogens with one attached hydrogen (secondary N) is 1. The first-order valence-corrected chi connectivity index (χ1v) is 9.14. The molecule has 1 amide bonds. The molecule has 26 heavy (non-hydrogen) atoms. The number of amides is 1. The van der Waals surface area contributed by atoms with Crippen LogP contribution < -0.4 is 14.8 Å². The van der Waals surface area contributed by atoms with Crippen molar-refractivity contribution < 1.29 is 14.3 Å². The van der Waals surface area contributed by atoms with E-state index in [2.05, 4.69) is 10.3 Å². The van der Waals surface area contributed by atoms with E-state index >= 15 is 0 Å². The molecule has 0 atom stereocenters. The highest BCUT2D eigenvalue weighted by molar-refractivity contribution is 7.14. The average Bonchev–Trinajstić information content (AvgIpc) is 3.10. The SMILES string of the molecule is CCOc1ccccc1C(=O)Nc1nc(-c2cc(C)ccc2OC)cs1. The van der Waals surface area contributed by atoms with Crippen LogP contribution in [-0.2, 0) is 0 Å². The smallest absolute Gasteiger partial charge is 0.261 e. The van der Waals surface area contributed by atoms with E-state index < -0.39 is 0 Å². The Hall–Kier alpha value is -2.86. The summed E-state index contributed by atoms with van der Waals surface area (Å²) in [7, 11) is 1.63. The van der Waals surface area contributed by atoms with Crippen molar-refractivity contribution in [2.75, 3.05) is 19.0 Å². The predicted molar refractivity (Wildman–Crippen MR) is 104 cm³/mol. The van der Waals surface area contributed by atoms with Crippen LogP contribution >= 0.6 is 11.3 Å². The molecule has 0 saturated carbocycles. The van der Waals surface area contributed by atoms with Gasteiger partial charge in [-0.05, 0) is 38.1 Å². The molecule has 134 valence electrons. The number of methoxy groups -OCH3 is 1. The van der Waals surface area contributed by atoms with Crippen LogP contribution in [0.15, 0.2) is 47.8 Å². The van der Waals surface area contributed by atoms with Crippen molar-refractivity contribution >= 4 is 22.4 Å². The van der Waals surface area contributed by atoms with Gasteiger partial charge >= 0.3 is 0 Å². The average molecular weight is 368 g/mol. The minimum Gasteiger partial charge on any atom is -0.496 e. The van der Waals surface area contributed by atoms with Crippen LogP contribution in [-0.4, -0.2) is 24.6 Å². The van der Waals surface area contributed by atoms with Crippen LogP contribution in [0.4, 0.5) is 5.13 Å². The zero-order valence-electron chi connectivity index (χ0n) is 14.9. The minimum atomic E-state index is -0.244. The van der Waals surface area contributed by atoms with Crippen molar-refractivity contribution in [2.45, 2.75) is 13.8 Å². The fourth-order valence-electron chi connectivity index (χ4n) is 2.58. The Bertz CT molecular complexity index is 921. The number of anilines is 1. The molecule has 3 rings (SSSR count). The molecule has 0 saturated heterocycles. The summed E-state index contributed by atoms with van der Waals surface area (Å²) in [6.07, 6.45) is 0. The predicted octanol–water partition coefficient (Wildman–Crippen LogP) is 4.78. The molecule has 1 N–H and O–H groups in total. The Kier molecular flexibility index (Phi) is 5.53. The van der Waals surface area contributed by atoms with E-state index in [9.17, 15) is 4.79 Å². The quantitative estimate of drug-likeness (QED) is 0.680. The number of aryl methyl sites for hydroxylation is 1. The van der Waals surface area contributed by atoms with Gasteiger partial charge in [0.25, 0.3) is 5.91 Å². The molecule has 2 aromatic carbocycles. The third-order valence-corrected chi connectivity index (χ3v) is 4.54. The summed E-state index contributed by atoms with van der Waals surface area (Å²) in [5, 5.41) is 5.28. The number of nitrogens with zero attached hydrogens (tertiary/aromatic N) is 1. The molecule has 5 nitrogen and oxygen atoms in total. The lowest BCUT2D eigenvalue weighted by Gasteiger charge is -2.09. The Morgan fingerprint density at radius 2 is 2.00 bits per heavy atom. The van der Waals surface area contributed by atoms with E-state index in [1.807, 2.05) is 49.6 Å². The Labute approximate surface area is 156 Å². The van der Waals surface area contributed by atoms with Crippen molar-refractivity contribution in [1.82, 2.24) is 4.98 Å². The first-order chi connectivity index (χ1) is 12.6. The van der Waals surface area contributed by atoms with E-state index in [4.69, 9.17) is 9.47 Å². The Balaban J connectivity index is 1.83. The zero-order chi connectivity index (χ0) is 18.5. The summed E-state index contributed by atoms with van der Waals surface area (Å²) >= 11 is 1.37. The van der Waals surface area contributed by atoms with Crippen LogP contribution in [0.1, 0.15) is 22.8 Å². The van der Waals surface area contributed by atoms with E-state index in [-0.39, 0.29) is 5.91 Å². The van der Waals surface area contributed by atoms with Crippen molar-refractivity contribution in [2.24, 2.45) is 0 Å². The monoisotopic (exact) mass is 368 g/mol. The number of para-hydroxylation sites is 1. The number of rotatable bonds is 6. The lowest BCUT2D eigenvalue weighted by Crippen LogP contribution is -2.13. The molecule has 0 fully saturated rings. The third-order valence-electron chi connectivity index (χ3n) is 3.79. The highest BCUT2D eigenvalue weighted by Crippen LogP contribution is 2.33. The Morgan fingerprint density at radius 1 is 1.19 bits per heavy atom. The highest BCUT2D eigenvalue weighted by atomic mass is 32.1. The summed E-state index contributed by atoms with van der Waals surface area (Å²) in [6, 6.07) is 13.1. The molecule has 0 aliphatic carbocycles. The molecular formula is C20H20N2O3S. The van der Waals surface area contributed by atoms with Gasteiger partial charge in [-0.15, -0.1) is 11.3 Å². The molecule has 0 bridgehead atoms. The minimum absolute atomic E-state index is 0.244. The first kappa shape index (κ1) is 17.9. The van der Waals surface area contributed by atoms with E-state index in [1.165, 1.54) is 11.3 Å². The number of hydrogen-bond donors (Lipinski definition) is 1. The fourth-order valence-corrected chi connectivity index (χ4v) is 3.28. The molecule has 0 unspecified atom stereocenters. The largest absolute Gasteiger partial charge is 0.496 e. The van der Waals surface area contributed by atoms with Crippen molar-refractivity contribution in [1.29, 1.82) is 0 Å². The van der Waals surface area contributed by atoms with Crippen LogP contribution in [0.5, 0.6) is 11.5 Å². The number of aromatic nitrogens is 1. The second-order valence-electron chi connectivity index (χ2n) is 5.62. The Morgan fingerprint density at radius 3 is 2.77 bits per heavy atom. The second-order valence-corrected chi connectivity index (χ2v) is 6.48. The van der Waals surface area contributed by atoms with Crippen molar-refractivity contribution in [3.05, 3.63) is 59.0 Å². The molecule has 1 heterocycles. The van der Waals surface area contributed by atoms with Gasteiger partial charge in [-0.2, -0.15) is 0 Å². The van der Waals surface area contributed by atoms with Gasteiger partial charge in [0.15, 0.2) is 5.13 Å². The summed E-state index contributed by atoms with van der Waals surface area (Å²) in [4.78, 5) is 17.1. The zero-order valence-corrected chi connectivity index (χ0v) is 15.7. The molecular weight excluding hydrogens is 348 g/mol. The van der Waals surface area contributed by atoms with Gasteiger partial charge in [-0.3, -0.25) is 10.1 Å². The topological polar surface area (TPSA) is 60.5 Å². The van der Waals surface area contributed by atoms with Crippen LogP contribution in [0.3, 0.4) is 0 Å². The second kappa shape index (κ2) is 8.01. The molecule has 3 aromatic rings. The van der Waals surface area contributed by atoms with Crippen molar-refractivity contribution in [3.8, 4) is 22.8 Å². The van der Waals surface area contributed by atoms with Gasteiger partial charge in [0.1, 0.15) is 11.5 Å². The van der Waals surface area contributed by atoms with Gasteiger partial charge in [-0.25, -0.2) is 4.98 Å². The van der Waals surface area contributed by atoms with Crippen LogP contribution in [0.25, 0.3) is 11.3 Å². The summed E-state index contributed by atoms with van der Waals surface area (Å²) in [5.74, 6) is 1.07. The maximum atomic E-state index is 12.6. The first-order valence-electron chi connectivity index (χ1n) is 8.26. The van der Waals surface area contributed by atoms with E-state index in [1.54, 1.807) is 19.2 Å². The molecule has 0 spiro atoms. The van der Waals surface area contributed by atoms with Gasteiger partial charge < -0.3 is 9.47 Å². The molecule has 6 heteroatoms. The molecule has 1 aromatic heterocycles. The van der Waals surface area contributed by atoms with Crippen molar-refractivity contribution in [3.63, 3.8) is 0 Å². The van der Waals surface area contributed by atoms with Crippen LogP contribution in [0.2, 0.25) is 0 Å². The molecule has 0 radical (unpaired) electrons. The third kappa shape index (κ3) is 3.86.